The van der Waals surface area contributed by atoms with E-state index in [0.29, 0.717) is 0 Å². The second-order valence-corrected chi connectivity index (χ2v) is 7.43. The highest BCUT2D eigenvalue weighted by molar-refractivity contribution is 7.86. The first kappa shape index (κ1) is 31.9. The van der Waals surface area contributed by atoms with E-state index in [-0.39, 0.29) is 0 Å². The van der Waals surface area contributed by atoms with Crippen LogP contribution in [0.3, 0.4) is 0 Å². The molecule has 1 N–H and O–H groups in total. The number of hydrogen-bond acceptors (Lipinski definition) is 3. The molecule has 0 spiro atoms. The zero-order valence-electron chi connectivity index (χ0n) is 13.8. The maximum Gasteiger partial charge on any atom is 0.460 e. The van der Waals surface area contributed by atoms with E-state index in [1.165, 1.54) is 0 Å². The van der Waals surface area contributed by atoms with Crippen LogP contribution in [0.2, 0.25) is 0 Å². The first-order valence-electron chi connectivity index (χ1n) is 6.47. The first-order valence-corrected chi connectivity index (χ1v) is 8.29. The largest absolute Gasteiger partial charge is 0.460 e. The van der Waals surface area contributed by atoms with Gasteiger partial charge < -0.3 is 0 Å². The maximum absolute atomic E-state index is 13.2. The van der Waals surface area contributed by atoms with E-state index in [2.05, 4.69) is 11.6 Å². The molecule has 0 unspecified atom stereocenters. The summed E-state index contributed by atoms with van der Waals surface area (Å²) >= 11 is 3.28. The fourth-order valence-corrected chi connectivity index (χ4v) is 1.85. The van der Waals surface area contributed by atoms with Crippen LogP contribution in [0, 0.1) is 0 Å². The Balaban J connectivity index is 6.73. The number of rotatable bonds is 10. The minimum atomic E-state index is -8.85. The molecule has 0 atom stereocenters. The van der Waals surface area contributed by atoms with E-state index >= 15 is 0 Å². The van der Waals surface area contributed by atoms with E-state index in [1.807, 2.05) is 0 Å². The van der Waals surface area contributed by atoms with Crippen LogP contribution in [0.5, 0.6) is 0 Å². The molecule has 0 amide bonds. The normalized spacial score (nSPS) is 16.8. The Bertz CT molecular complexity index is 845. The molecule has 0 bridgehead atoms. The first-order chi connectivity index (χ1) is 13.7. The molecule has 0 rings (SSSR count). The van der Waals surface area contributed by atoms with E-state index in [9.17, 15) is 87.4 Å². The van der Waals surface area contributed by atoms with Crippen LogP contribution < -0.4 is 0 Å². The van der Waals surface area contributed by atoms with Crippen LogP contribution in [0.1, 0.15) is 0 Å². The van der Waals surface area contributed by atoms with Gasteiger partial charge in [0.2, 0.25) is 0 Å². The molecule has 24 heteroatoms. The van der Waals surface area contributed by atoms with Gasteiger partial charge in [0, 0.05) is 0 Å². The van der Waals surface area contributed by atoms with Crippen molar-refractivity contribution in [2.75, 3.05) is 0 Å². The molecular formula is C9HClF18O4S. The molecule has 0 heterocycles. The van der Waals surface area contributed by atoms with Crippen LogP contribution in [0.15, 0.2) is 0 Å². The predicted molar refractivity (Wildman–Crippen MR) is 63.0 cm³/mol. The van der Waals surface area contributed by atoms with Crippen molar-refractivity contribution in [1.82, 2.24) is 0 Å². The van der Waals surface area contributed by atoms with E-state index < -0.39 is 62.6 Å². The molecule has 0 saturated carbocycles. The minimum absolute atomic E-state index is 1.10. The fourth-order valence-electron chi connectivity index (χ4n) is 1.39. The van der Waals surface area contributed by atoms with Crippen LogP contribution in [-0.4, -0.2) is 65.4 Å². The summed E-state index contributed by atoms with van der Waals surface area (Å²) in [6.07, 6.45) is -16.0. The lowest BCUT2D eigenvalue weighted by molar-refractivity contribution is -0.501. The molecular weight excluding hydrogens is 582 g/mol. The van der Waals surface area contributed by atoms with Gasteiger partial charge in [0.05, 0.1) is 0 Å². The molecule has 0 aliphatic rings. The standard InChI is InChI=1S/C9HClF18O4S/c10-6(21,22)4(17,18)2(13,14)1(11,12)3(15,16)5(19,20)7(23,24)32-8(25,26)9(27,28)33(29,30)31/h(H,29,30,31). The molecule has 200 valence electrons. The molecule has 0 aliphatic carbocycles. The Morgan fingerprint density at radius 2 is 0.788 bits per heavy atom. The average Bonchev–Trinajstić information content (AvgIpc) is 2.50. The zero-order valence-corrected chi connectivity index (χ0v) is 15.3. The van der Waals surface area contributed by atoms with Gasteiger partial charge in [0.25, 0.3) is 0 Å². The Morgan fingerprint density at radius 1 is 0.515 bits per heavy atom. The van der Waals surface area contributed by atoms with Crippen molar-refractivity contribution in [3.63, 3.8) is 0 Å². The lowest BCUT2D eigenvalue weighted by atomic mass is 9.93. The Kier molecular flexibility index (Phi) is 7.44. The Hall–Kier alpha value is -1.10. The monoisotopic (exact) mass is 582 g/mol. The van der Waals surface area contributed by atoms with Gasteiger partial charge in [-0.05, 0) is 11.6 Å². The number of alkyl halides is 19. The van der Waals surface area contributed by atoms with Gasteiger partial charge in [-0.1, -0.05) is 0 Å². The molecule has 0 aromatic heterocycles. The summed E-state index contributed by atoms with van der Waals surface area (Å²) in [6.45, 7) is 0. The fraction of sp³-hybridized carbons (Fsp3) is 1.00. The molecule has 0 aliphatic heterocycles. The SMILES string of the molecule is O=S(=O)(O)C(F)(F)C(F)(F)OC(F)(F)C(F)(F)C(F)(F)C(F)(F)C(F)(F)C(F)(F)C(F)(F)Cl. The van der Waals surface area contributed by atoms with Crippen LogP contribution in [0.4, 0.5) is 79.0 Å². The Labute approximate surface area is 172 Å². The van der Waals surface area contributed by atoms with Crippen molar-refractivity contribution >= 4 is 21.7 Å². The summed E-state index contributed by atoms with van der Waals surface area (Å²) in [6, 6.07) is 0. The molecule has 33 heavy (non-hydrogen) atoms. The van der Waals surface area contributed by atoms with Crippen LogP contribution in [-0.2, 0) is 14.9 Å². The number of hydrogen-bond donors (Lipinski definition) is 1. The zero-order chi connectivity index (χ0) is 27.7. The van der Waals surface area contributed by atoms with Gasteiger partial charge in [0.1, 0.15) is 0 Å². The third-order valence-corrected chi connectivity index (χ3v) is 4.34. The molecule has 0 fully saturated rings. The Morgan fingerprint density at radius 3 is 1.06 bits per heavy atom. The molecule has 4 nitrogen and oxygen atoms in total. The summed E-state index contributed by atoms with van der Waals surface area (Å²) in [5.41, 5.74) is 0. The van der Waals surface area contributed by atoms with Gasteiger partial charge in [-0.2, -0.15) is 87.4 Å². The quantitative estimate of drug-likeness (QED) is 0.205. The minimum Gasteiger partial charge on any atom is -0.281 e. The maximum atomic E-state index is 13.2. The van der Waals surface area contributed by atoms with E-state index in [4.69, 9.17) is 4.55 Å². The van der Waals surface area contributed by atoms with Gasteiger partial charge in [-0.15, -0.1) is 0 Å². The van der Waals surface area contributed by atoms with Crippen molar-refractivity contribution < 1.29 is 96.7 Å². The summed E-state index contributed by atoms with van der Waals surface area (Å²) < 4.78 is 261. The second-order valence-electron chi connectivity index (χ2n) is 5.50. The van der Waals surface area contributed by atoms with E-state index in [0.717, 1.165) is 4.74 Å². The molecule has 0 radical (unpaired) electrons. The lowest BCUT2D eigenvalue weighted by Gasteiger charge is -2.42. The highest BCUT2D eigenvalue weighted by Gasteiger charge is 2.94. The van der Waals surface area contributed by atoms with Gasteiger partial charge in [-0.25, -0.2) is 4.74 Å². The van der Waals surface area contributed by atoms with Crippen LogP contribution >= 0.6 is 11.6 Å². The van der Waals surface area contributed by atoms with Crippen molar-refractivity contribution in [2.45, 2.75) is 52.5 Å². The van der Waals surface area contributed by atoms with Crippen molar-refractivity contribution in [3.8, 4) is 0 Å². The summed E-state index contributed by atoms with van der Waals surface area (Å²) in [4.78, 5) is 0. The molecule has 0 aromatic carbocycles. The summed E-state index contributed by atoms with van der Waals surface area (Å²) in [7, 11) is -7.64. The lowest BCUT2D eigenvalue weighted by Crippen LogP contribution is -2.73. The number of ether oxygens (including phenoxy) is 1. The predicted octanol–water partition coefficient (Wildman–Crippen LogP) is 5.68. The van der Waals surface area contributed by atoms with Gasteiger partial charge in [-0.3, -0.25) is 4.55 Å². The van der Waals surface area contributed by atoms with Crippen molar-refractivity contribution in [2.24, 2.45) is 0 Å². The molecule has 0 saturated heterocycles. The third kappa shape index (κ3) is 4.36. The van der Waals surface area contributed by atoms with E-state index in [1.54, 1.807) is 0 Å². The summed E-state index contributed by atoms with van der Waals surface area (Å²) in [5, 5.41) is -14.4. The molecule has 0 aromatic rings. The van der Waals surface area contributed by atoms with Gasteiger partial charge >= 0.3 is 62.6 Å². The van der Waals surface area contributed by atoms with Crippen LogP contribution in [0.25, 0.3) is 0 Å². The highest BCUT2D eigenvalue weighted by atomic mass is 35.5. The number of halogens is 19. The highest BCUT2D eigenvalue weighted by Crippen LogP contribution is 2.63. The topological polar surface area (TPSA) is 63.6 Å². The van der Waals surface area contributed by atoms with Crippen molar-refractivity contribution in [1.29, 1.82) is 0 Å². The van der Waals surface area contributed by atoms with Crippen molar-refractivity contribution in [3.05, 3.63) is 0 Å². The third-order valence-electron chi connectivity index (χ3n) is 3.22. The average molecular weight is 583 g/mol. The second kappa shape index (κ2) is 7.70. The van der Waals surface area contributed by atoms with Gasteiger partial charge in [0.15, 0.2) is 0 Å². The summed E-state index contributed by atoms with van der Waals surface area (Å²) in [5.74, 6) is -42.8. The smallest absolute Gasteiger partial charge is 0.281 e.